The molecule has 4 nitrogen and oxygen atoms in total. The number of hydrazone groups is 1. The van der Waals surface area contributed by atoms with Crippen LogP contribution in [0.15, 0.2) is 41.0 Å². The topological polar surface area (TPSA) is 50.7 Å². The van der Waals surface area contributed by atoms with Crippen molar-refractivity contribution < 1.29 is 9.53 Å². The summed E-state index contributed by atoms with van der Waals surface area (Å²) >= 11 is 0. The van der Waals surface area contributed by atoms with Gasteiger partial charge in [0.25, 0.3) is 5.91 Å². The molecule has 1 amide bonds. The minimum absolute atomic E-state index is 0.212. The number of methoxy groups -OCH3 is 1. The number of carbonyl (C=O) groups excluding carboxylic acids is 1. The van der Waals surface area contributed by atoms with E-state index in [1.807, 2.05) is 0 Å². The van der Waals surface area contributed by atoms with Gasteiger partial charge in [-0.3, -0.25) is 4.79 Å². The Labute approximate surface area is 133 Å². The molecule has 0 heterocycles. The van der Waals surface area contributed by atoms with E-state index in [2.05, 4.69) is 37.4 Å². The molecule has 1 unspecified atom stereocenters. The van der Waals surface area contributed by atoms with Crippen molar-refractivity contribution in [2.24, 2.45) is 11.0 Å². The Balaban J connectivity index is 2.32. The van der Waals surface area contributed by atoms with Crippen LogP contribution < -0.4 is 10.2 Å². The minimum atomic E-state index is -0.212. The van der Waals surface area contributed by atoms with Gasteiger partial charge >= 0.3 is 0 Å². The first-order valence-electron chi connectivity index (χ1n) is 7.62. The lowest BCUT2D eigenvalue weighted by Gasteiger charge is -2.06. The van der Waals surface area contributed by atoms with Gasteiger partial charge in [0.15, 0.2) is 0 Å². The van der Waals surface area contributed by atoms with E-state index >= 15 is 0 Å². The molecule has 22 heavy (non-hydrogen) atoms. The molecule has 0 saturated heterocycles. The Bertz CT molecular complexity index is 514. The molecule has 0 spiro atoms. The van der Waals surface area contributed by atoms with E-state index in [9.17, 15) is 4.79 Å². The number of amides is 1. The Morgan fingerprint density at radius 3 is 2.59 bits per heavy atom. The van der Waals surface area contributed by atoms with Gasteiger partial charge in [0, 0.05) is 11.8 Å². The fourth-order valence-electron chi connectivity index (χ4n) is 1.92. The molecule has 1 rings (SSSR count). The van der Waals surface area contributed by atoms with Crippen LogP contribution in [0.25, 0.3) is 0 Å². The maximum absolute atomic E-state index is 11.9. The second-order valence-corrected chi connectivity index (χ2v) is 5.68. The number of nitrogens with zero attached hydrogens (tertiary/aromatic N) is 1. The highest BCUT2D eigenvalue weighted by molar-refractivity contribution is 5.94. The smallest absolute Gasteiger partial charge is 0.271 e. The summed E-state index contributed by atoms with van der Waals surface area (Å²) in [6.07, 6.45) is 7.10. The summed E-state index contributed by atoms with van der Waals surface area (Å²) in [5, 5.41) is 4.00. The summed E-state index contributed by atoms with van der Waals surface area (Å²) in [5.74, 6) is 1.07. The second kappa shape index (κ2) is 9.77. The third-order valence-corrected chi connectivity index (χ3v) is 3.33. The highest BCUT2D eigenvalue weighted by Gasteiger charge is 2.04. The van der Waals surface area contributed by atoms with Crippen LogP contribution in [0.5, 0.6) is 5.75 Å². The van der Waals surface area contributed by atoms with Gasteiger partial charge < -0.3 is 4.74 Å². The first-order valence-corrected chi connectivity index (χ1v) is 7.62. The third-order valence-electron chi connectivity index (χ3n) is 3.33. The van der Waals surface area contributed by atoms with Crippen LogP contribution >= 0.6 is 0 Å². The predicted octanol–water partition coefficient (Wildman–Crippen LogP) is 4.18. The van der Waals surface area contributed by atoms with Gasteiger partial charge in [-0.15, -0.1) is 0 Å². The SMILES string of the molecule is COc1ccc(C(=O)NN=CCC(C)CCC=C(C)C)cc1. The largest absolute Gasteiger partial charge is 0.497 e. The number of hydrogen-bond donors (Lipinski definition) is 1. The number of rotatable bonds is 8. The zero-order chi connectivity index (χ0) is 16.4. The number of allylic oxidation sites excluding steroid dienone is 2. The lowest BCUT2D eigenvalue weighted by Crippen LogP contribution is -2.17. The molecule has 1 aromatic carbocycles. The molecule has 1 aromatic rings. The average molecular weight is 302 g/mol. The van der Waals surface area contributed by atoms with Gasteiger partial charge in [0.1, 0.15) is 5.75 Å². The number of carbonyl (C=O) groups is 1. The Morgan fingerprint density at radius 2 is 2.00 bits per heavy atom. The molecule has 0 fully saturated rings. The van der Waals surface area contributed by atoms with E-state index in [4.69, 9.17) is 4.74 Å². The molecule has 1 atom stereocenters. The van der Waals surface area contributed by atoms with Crippen molar-refractivity contribution in [2.45, 2.75) is 40.0 Å². The first kappa shape index (κ1) is 18.0. The van der Waals surface area contributed by atoms with E-state index < -0.39 is 0 Å². The van der Waals surface area contributed by atoms with Crippen molar-refractivity contribution >= 4 is 12.1 Å². The van der Waals surface area contributed by atoms with Gasteiger partial charge in [0.2, 0.25) is 0 Å². The van der Waals surface area contributed by atoms with Gasteiger partial charge in [-0.1, -0.05) is 18.6 Å². The normalized spacial score (nSPS) is 12.0. The number of hydrogen-bond acceptors (Lipinski definition) is 3. The lowest BCUT2D eigenvalue weighted by atomic mass is 10.0. The second-order valence-electron chi connectivity index (χ2n) is 5.68. The summed E-state index contributed by atoms with van der Waals surface area (Å²) in [6, 6.07) is 6.94. The quantitative estimate of drug-likeness (QED) is 0.445. The molecule has 0 bridgehead atoms. The zero-order valence-corrected chi connectivity index (χ0v) is 13.9. The summed E-state index contributed by atoms with van der Waals surface area (Å²) in [4.78, 5) is 11.9. The molecule has 1 N–H and O–H groups in total. The van der Waals surface area contributed by atoms with E-state index in [-0.39, 0.29) is 5.91 Å². The lowest BCUT2D eigenvalue weighted by molar-refractivity contribution is 0.0955. The molecule has 0 aliphatic carbocycles. The van der Waals surface area contributed by atoms with Crippen LogP contribution in [-0.4, -0.2) is 19.2 Å². The van der Waals surface area contributed by atoms with Crippen molar-refractivity contribution in [1.29, 1.82) is 0 Å². The van der Waals surface area contributed by atoms with Crippen LogP contribution in [0.1, 0.15) is 50.4 Å². The maximum atomic E-state index is 11.9. The van der Waals surface area contributed by atoms with Gasteiger partial charge in [0.05, 0.1) is 7.11 Å². The van der Waals surface area contributed by atoms with Crippen molar-refractivity contribution in [3.63, 3.8) is 0 Å². The summed E-state index contributed by atoms with van der Waals surface area (Å²) < 4.78 is 5.06. The molecule has 0 aliphatic heterocycles. The van der Waals surface area contributed by atoms with Crippen LogP contribution in [-0.2, 0) is 0 Å². The predicted molar refractivity (Wildman–Crippen MR) is 91.4 cm³/mol. The monoisotopic (exact) mass is 302 g/mol. The molecule has 0 radical (unpaired) electrons. The molecule has 0 aromatic heterocycles. The van der Waals surface area contributed by atoms with E-state index in [0.29, 0.717) is 11.5 Å². The number of ether oxygens (including phenoxy) is 1. The molecule has 120 valence electrons. The molecule has 0 saturated carbocycles. The van der Waals surface area contributed by atoms with Crippen molar-refractivity contribution in [1.82, 2.24) is 5.43 Å². The number of benzene rings is 1. The van der Waals surface area contributed by atoms with Crippen LogP contribution in [0.3, 0.4) is 0 Å². The standard InChI is InChI=1S/C18H26N2O2/c1-14(2)6-5-7-15(3)12-13-19-20-18(21)16-8-10-17(22-4)11-9-16/h6,8-11,13,15H,5,7,12H2,1-4H3,(H,20,21). The first-order chi connectivity index (χ1) is 10.5. The van der Waals surface area contributed by atoms with E-state index in [0.717, 1.165) is 25.0 Å². The molecular formula is C18H26N2O2. The average Bonchev–Trinajstić information content (AvgIpc) is 2.51. The van der Waals surface area contributed by atoms with Crippen molar-refractivity contribution in [3.05, 3.63) is 41.5 Å². The highest BCUT2D eigenvalue weighted by Crippen LogP contribution is 2.11. The van der Waals surface area contributed by atoms with Crippen LogP contribution in [0.2, 0.25) is 0 Å². The Kier molecular flexibility index (Phi) is 7.97. The summed E-state index contributed by atoms with van der Waals surface area (Å²) in [5.41, 5.74) is 4.46. The zero-order valence-electron chi connectivity index (χ0n) is 13.9. The van der Waals surface area contributed by atoms with E-state index in [1.54, 1.807) is 37.6 Å². The van der Waals surface area contributed by atoms with E-state index in [1.165, 1.54) is 5.57 Å². The Hall–Kier alpha value is -2.10. The third kappa shape index (κ3) is 7.07. The van der Waals surface area contributed by atoms with Gasteiger partial charge in [-0.2, -0.15) is 5.10 Å². The number of nitrogens with one attached hydrogen (secondary N) is 1. The maximum Gasteiger partial charge on any atom is 0.271 e. The summed E-state index contributed by atoms with van der Waals surface area (Å²) in [6.45, 7) is 6.41. The molecule has 0 aliphatic rings. The van der Waals surface area contributed by atoms with Crippen molar-refractivity contribution in [3.8, 4) is 5.75 Å². The van der Waals surface area contributed by atoms with Gasteiger partial charge in [-0.25, -0.2) is 5.43 Å². The highest BCUT2D eigenvalue weighted by atomic mass is 16.5. The fraction of sp³-hybridized carbons (Fsp3) is 0.444. The molecule has 4 heteroatoms. The van der Waals surface area contributed by atoms with Crippen molar-refractivity contribution in [2.75, 3.05) is 7.11 Å². The molecular weight excluding hydrogens is 276 g/mol. The summed E-state index contributed by atoms with van der Waals surface area (Å²) in [7, 11) is 1.60. The van der Waals surface area contributed by atoms with Crippen LogP contribution in [0.4, 0.5) is 0 Å². The minimum Gasteiger partial charge on any atom is -0.497 e. The Morgan fingerprint density at radius 1 is 1.32 bits per heavy atom. The van der Waals surface area contributed by atoms with Crippen LogP contribution in [0, 0.1) is 5.92 Å². The fourth-order valence-corrected chi connectivity index (χ4v) is 1.92. The van der Waals surface area contributed by atoms with Gasteiger partial charge in [-0.05, 0) is 63.3 Å².